The molecule has 0 aromatic rings. The number of carbonyl (C=O) groups is 6. The third-order valence-electron chi connectivity index (χ3n) is 4.97. The van der Waals surface area contributed by atoms with Crippen LogP contribution in [0.3, 0.4) is 0 Å². The topological polar surface area (TPSA) is 218 Å². The average Bonchev–Trinajstić information content (AvgIpc) is 3.00. The maximum Gasteiger partial charge on any atom is 0.416 e. The summed E-state index contributed by atoms with van der Waals surface area (Å²) in [6, 6.07) is 0. The number of esters is 3. The zero-order chi connectivity index (χ0) is 35.6. The van der Waals surface area contributed by atoms with Crippen molar-refractivity contribution in [3.05, 3.63) is 48.9 Å². The number of nitrogens with zero attached hydrogens (tertiary/aromatic N) is 5. The molecule has 254 valence electrons. The molecule has 0 aliphatic heterocycles. The van der Waals surface area contributed by atoms with Gasteiger partial charge in [-0.2, -0.15) is 9.98 Å². The molecule has 0 aliphatic carbocycles. The van der Waals surface area contributed by atoms with E-state index in [-0.39, 0.29) is 62.2 Å². The summed E-state index contributed by atoms with van der Waals surface area (Å²) in [6.45, 7) is 16.5. The zero-order valence-corrected chi connectivity index (χ0v) is 26.8. The van der Waals surface area contributed by atoms with E-state index in [9.17, 15) is 28.8 Å². The molecule has 0 bridgehead atoms. The third kappa shape index (κ3) is 15.2. The lowest BCUT2D eigenvalue weighted by atomic mass is 10.4. The lowest BCUT2D eigenvalue weighted by molar-refractivity contribution is -0.140. The molecule has 0 heterocycles. The molecule has 0 saturated carbocycles. The molecule has 0 saturated heterocycles. The molecule has 0 aromatic heterocycles. The van der Waals surface area contributed by atoms with Crippen LogP contribution in [0, 0.1) is 0 Å². The van der Waals surface area contributed by atoms with Crippen LogP contribution in [-0.4, -0.2) is 124 Å². The van der Waals surface area contributed by atoms with Gasteiger partial charge >= 0.3 is 36.2 Å². The first-order valence-corrected chi connectivity index (χ1v) is 13.2. The molecule has 0 radical (unpaired) electrons. The summed E-state index contributed by atoms with van der Waals surface area (Å²) in [7, 11) is 3.59. The van der Waals surface area contributed by atoms with E-state index < -0.39 is 48.1 Å². The Morgan fingerprint density at radius 2 is 0.826 bits per heavy atom. The minimum atomic E-state index is -1.05. The molecular formula is C28H40N6O12. The normalized spacial score (nSPS) is 10.8. The molecule has 18 heteroatoms. The van der Waals surface area contributed by atoms with Crippen LogP contribution in [-0.2, 0) is 42.8 Å². The Bertz CT molecular complexity index is 1290. The highest BCUT2D eigenvalue weighted by Gasteiger charge is 2.22. The highest BCUT2D eigenvalue weighted by atomic mass is 16.6. The van der Waals surface area contributed by atoms with Crippen LogP contribution in [0.25, 0.3) is 0 Å². The maximum absolute atomic E-state index is 12.7. The predicted molar refractivity (Wildman–Crippen MR) is 163 cm³/mol. The Labute approximate surface area is 266 Å². The maximum atomic E-state index is 12.7. The molecule has 0 spiro atoms. The molecule has 3 amide bonds. The van der Waals surface area contributed by atoms with Gasteiger partial charge in [0, 0.05) is 37.9 Å². The standard InChI is InChI=1S/C28H40N6O12/c1-17(2)21(35)41-11-14-44-26(38)32(8)20(7)30-25(34(10)28(40)46-16-13-43-23(37)19(5)6)31-24(29)33(9)27(39)45-15-12-42-22(36)18(3)4/h1,3,5,7,11-16H2,2,4,6,8-10H3,(H2,29,30,31). The highest BCUT2D eigenvalue weighted by Crippen LogP contribution is 2.08. The number of amides is 3. The smallest absolute Gasteiger partial charge is 0.416 e. The number of hydrogen-bond donors (Lipinski definition) is 1. The molecule has 46 heavy (non-hydrogen) atoms. The van der Waals surface area contributed by atoms with E-state index >= 15 is 0 Å². The Morgan fingerprint density at radius 1 is 0.522 bits per heavy atom. The lowest BCUT2D eigenvalue weighted by Crippen LogP contribution is -2.42. The van der Waals surface area contributed by atoms with Crippen molar-refractivity contribution in [2.45, 2.75) is 20.8 Å². The van der Waals surface area contributed by atoms with Crippen LogP contribution < -0.4 is 5.73 Å². The number of guanidine groups is 2. The first kappa shape index (κ1) is 40.3. The molecular weight excluding hydrogens is 612 g/mol. The van der Waals surface area contributed by atoms with Gasteiger partial charge < -0.3 is 34.2 Å². The second kappa shape index (κ2) is 20.3. The predicted octanol–water partition coefficient (Wildman–Crippen LogP) is 1.69. The minimum absolute atomic E-state index is 0.146. The molecule has 0 aromatic carbocycles. The van der Waals surface area contributed by atoms with Crippen LogP contribution in [0.2, 0.25) is 0 Å². The Kier molecular flexibility index (Phi) is 17.8. The van der Waals surface area contributed by atoms with Gasteiger partial charge in [-0.15, -0.1) is 0 Å². The Morgan fingerprint density at radius 3 is 1.17 bits per heavy atom. The average molecular weight is 653 g/mol. The summed E-state index contributed by atoms with van der Waals surface area (Å²) in [5, 5.41) is 0. The van der Waals surface area contributed by atoms with E-state index in [4.69, 9.17) is 34.2 Å². The van der Waals surface area contributed by atoms with Gasteiger partial charge in [0.15, 0.2) is 0 Å². The van der Waals surface area contributed by atoms with Gasteiger partial charge in [0.05, 0.1) is 0 Å². The monoisotopic (exact) mass is 652 g/mol. The van der Waals surface area contributed by atoms with E-state index in [1.165, 1.54) is 41.9 Å². The van der Waals surface area contributed by atoms with Crippen molar-refractivity contribution >= 4 is 48.1 Å². The van der Waals surface area contributed by atoms with Crippen LogP contribution in [0.4, 0.5) is 14.4 Å². The minimum Gasteiger partial charge on any atom is -0.459 e. The summed E-state index contributed by atoms with van der Waals surface area (Å²) in [6.07, 6.45) is -3.03. The van der Waals surface area contributed by atoms with Crippen molar-refractivity contribution in [2.24, 2.45) is 15.7 Å². The van der Waals surface area contributed by atoms with Gasteiger partial charge in [-0.25, -0.2) is 33.7 Å². The van der Waals surface area contributed by atoms with Crippen molar-refractivity contribution in [1.82, 2.24) is 14.7 Å². The van der Waals surface area contributed by atoms with Crippen LogP contribution in [0.5, 0.6) is 0 Å². The Balaban J connectivity index is 5.76. The van der Waals surface area contributed by atoms with Crippen molar-refractivity contribution in [1.29, 1.82) is 0 Å². The fraction of sp³-hybridized carbons (Fsp3) is 0.429. The van der Waals surface area contributed by atoms with Gasteiger partial charge in [0.1, 0.15) is 45.5 Å². The first-order chi connectivity index (χ1) is 21.4. The highest BCUT2D eigenvalue weighted by molar-refractivity contribution is 6.04. The van der Waals surface area contributed by atoms with Crippen LogP contribution >= 0.6 is 0 Å². The van der Waals surface area contributed by atoms with Gasteiger partial charge in [-0.1, -0.05) is 26.3 Å². The first-order valence-electron chi connectivity index (χ1n) is 13.2. The summed E-state index contributed by atoms with van der Waals surface area (Å²) in [5.41, 5.74) is 6.41. The molecule has 0 aliphatic rings. The van der Waals surface area contributed by atoms with E-state index in [0.717, 1.165) is 14.7 Å². The van der Waals surface area contributed by atoms with Crippen molar-refractivity contribution in [3.8, 4) is 0 Å². The SMILES string of the molecule is C=C(C)C(=O)OCCOC(=O)N(C)C(=C)/N=C(\N=C(/N)N(C)C(=O)OCCOC(=O)C(=C)C)N(C)C(=O)OCCOC(=O)C(=C)C. The lowest BCUT2D eigenvalue weighted by Gasteiger charge is -2.21. The molecule has 0 rings (SSSR count). The fourth-order valence-electron chi connectivity index (χ4n) is 2.27. The molecule has 0 fully saturated rings. The van der Waals surface area contributed by atoms with E-state index in [1.807, 2.05) is 0 Å². The van der Waals surface area contributed by atoms with Crippen molar-refractivity contribution in [3.63, 3.8) is 0 Å². The summed E-state index contributed by atoms with van der Waals surface area (Å²) in [5.74, 6) is -3.38. The number of carbonyl (C=O) groups excluding carboxylic acids is 6. The number of hydrogen-bond acceptors (Lipinski definition) is 13. The summed E-state index contributed by atoms with van der Waals surface area (Å²) >= 11 is 0. The van der Waals surface area contributed by atoms with Crippen molar-refractivity contribution < 1.29 is 57.2 Å². The van der Waals surface area contributed by atoms with Crippen molar-refractivity contribution in [2.75, 3.05) is 60.8 Å². The number of nitrogens with two attached hydrogens (primary N) is 1. The zero-order valence-electron chi connectivity index (χ0n) is 26.8. The molecule has 0 unspecified atom stereocenters. The van der Waals surface area contributed by atoms with E-state index in [0.29, 0.717) is 0 Å². The number of aliphatic imine (C=N–C) groups is 2. The van der Waals surface area contributed by atoms with Crippen LogP contribution in [0.1, 0.15) is 20.8 Å². The largest absolute Gasteiger partial charge is 0.459 e. The third-order valence-corrected chi connectivity index (χ3v) is 4.97. The number of ether oxygens (including phenoxy) is 6. The molecule has 2 N–H and O–H groups in total. The van der Waals surface area contributed by atoms with E-state index in [2.05, 4.69) is 36.3 Å². The second-order valence-corrected chi connectivity index (χ2v) is 9.07. The van der Waals surface area contributed by atoms with Gasteiger partial charge in [-0.05, 0) is 20.8 Å². The van der Waals surface area contributed by atoms with Crippen LogP contribution in [0.15, 0.2) is 58.8 Å². The summed E-state index contributed by atoms with van der Waals surface area (Å²) in [4.78, 5) is 82.3. The fourth-order valence-corrected chi connectivity index (χ4v) is 2.27. The van der Waals surface area contributed by atoms with E-state index in [1.54, 1.807) is 0 Å². The molecule has 0 atom stereocenters. The van der Waals surface area contributed by atoms with Gasteiger partial charge in [0.2, 0.25) is 11.9 Å². The quantitative estimate of drug-likeness (QED) is 0.0706. The number of rotatable bonds is 14. The second-order valence-electron chi connectivity index (χ2n) is 9.07. The van der Waals surface area contributed by atoms with Gasteiger partial charge in [0.25, 0.3) is 0 Å². The summed E-state index contributed by atoms with van der Waals surface area (Å²) < 4.78 is 29.6. The van der Waals surface area contributed by atoms with Gasteiger partial charge in [-0.3, -0.25) is 9.80 Å². The molecule has 18 nitrogen and oxygen atoms in total. The Hall–Kier alpha value is -5.68.